The van der Waals surface area contributed by atoms with Crippen LogP contribution in [0.3, 0.4) is 0 Å². The van der Waals surface area contributed by atoms with Gasteiger partial charge in [0.1, 0.15) is 0 Å². The van der Waals surface area contributed by atoms with Gasteiger partial charge in [0.25, 0.3) is 0 Å². The smallest absolute Gasteiger partial charge is 0.317 e. The molecule has 1 aromatic heterocycles. The lowest BCUT2D eigenvalue weighted by Crippen LogP contribution is -2.41. The van der Waals surface area contributed by atoms with Crippen molar-refractivity contribution in [1.29, 1.82) is 0 Å². The monoisotopic (exact) mass is 318 g/mol. The quantitative estimate of drug-likeness (QED) is 0.762. The van der Waals surface area contributed by atoms with Gasteiger partial charge in [0.15, 0.2) is 0 Å². The number of hydrogen-bond acceptors (Lipinski definition) is 3. The van der Waals surface area contributed by atoms with Gasteiger partial charge in [0, 0.05) is 26.7 Å². The summed E-state index contributed by atoms with van der Waals surface area (Å²) in [5, 5.41) is 11.6. The summed E-state index contributed by atoms with van der Waals surface area (Å²) in [4.78, 5) is 28.4. The van der Waals surface area contributed by atoms with Crippen LogP contribution in [0.1, 0.15) is 13.3 Å². The first kappa shape index (κ1) is 16.8. The van der Waals surface area contributed by atoms with Crippen molar-refractivity contribution in [3.8, 4) is 0 Å². The Hall–Kier alpha value is -2.57. The van der Waals surface area contributed by atoms with E-state index in [1.54, 1.807) is 20.3 Å². The zero-order valence-electron chi connectivity index (χ0n) is 13.4. The number of aromatic nitrogens is 2. The summed E-state index contributed by atoms with van der Waals surface area (Å²) in [6.45, 7) is 3.05. The van der Waals surface area contributed by atoms with E-state index in [0.717, 1.165) is 24.0 Å². The third-order valence-electron chi connectivity index (χ3n) is 3.70. The van der Waals surface area contributed by atoms with E-state index in [4.69, 9.17) is 5.11 Å². The lowest BCUT2D eigenvalue weighted by Gasteiger charge is -2.20. The molecule has 0 radical (unpaired) electrons. The zero-order chi connectivity index (χ0) is 16.8. The Kier molecular flexibility index (Phi) is 5.56. The highest BCUT2D eigenvalue weighted by molar-refractivity contribution is 5.76. The van der Waals surface area contributed by atoms with E-state index in [-0.39, 0.29) is 12.6 Å². The van der Waals surface area contributed by atoms with Crippen LogP contribution in [0.25, 0.3) is 11.0 Å². The molecule has 0 aliphatic carbocycles. The van der Waals surface area contributed by atoms with Crippen LogP contribution < -0.4 is 5.32 Å². The van der Waals surface area contributed by atoms with Gasteiger partial charge in [-0.05, 0) is 18.6 Å². The Morgan fingerprint density at radius 3 is 2.87 bits per heavy atom. The number of carboxylic acid groups (broad SMARTS) is 1. The zero-order valence-corrected chi connectivity index (χ0v) is 13.4. The average Bonchev–Trinajstić information content (AvgIpc) is 2.94. The molecule has 0 fully saturated rings. The number of urea groups is 1. The molecule has 0 aliphatic rings. The van der Waals surface area contributed by atoms with Crippen LogP contribution in [0, 0.1) is 5.92 Å². The molecule has 0 aliphatic heterocycles. The highest BCUT2D eigenvalue weighted by Gasteiger charge is 2.16. The van der Waals surface area contributed by atoms with E-state index in [0.29, 0.717) is 6.54 Å². The molecule has 1 heterocycles. The van der Waals surface area contributed by atoms with Gasteiger partial charge in [-0.2, -0.15) is 0 Å². The number of carbonyl (C=O) groups is 2. The minimum absolute atomic E-state index is 0.188. The van der Waals surface area contributed by atoms with Gasteiger partial charge in [0.05, 0.1) is 23.3 Å². The molecule has 7 nitrogen and oxygen atoms in total. The first-order valence-electron chi connectivity index (χ1n) is 7.60. The lowest BCUT2D eigenvalue weighted by molar-refractivity contribution is -0.141. The maximum Gasteiger partial charge on any atom is 0.317 e. The topological polar surface area (TPSA) is 87.5 Å². The minimum Gasteiger partial charge on any atom is -0.481 e. The molecule has 2 rings (SSSR count). The Morgan fingerprint density at radius 2 is 2.13 bits per heavy atom. The molecule has 1 atom stereocenters. The Balaban J connectivity index is 1.74. The van der Waals surface area contributed by atoms with Crippen molar-refractivity contribution in [1.82, 2.24) is 19.8 Å². The Morgan fingerprint density at radius 1 is 1.39 bits per heavy atom. The van der Waals surface area contributed by atoms with Crippen LogP contribution in [0.2, 0.25) is 0 Å². The van der Waals surface area contributed by atoms with Crippen LogP contribution >= 0.6 is 0 Å². The highest BCUT2D eigenvalue weighted by atomic mass is 16.4. The maximum absolute atomic E-state index is 11.9. The SMILES string of the molecule is CC(CN(C)C(=O)NCCCn1cnc2ccccc21)C(=O)O. The van der Waals surface area contributed by atoms with Crippen molar-refractivity contribution in [2.75, 3.05) is 20.1 Å². The maximum atomic E-state index is 11.9. The number of rotatable bonds is 7. The molecule has 0 spiro atoms. The van der Waals surface area contributed by atoms with E-state index in [1.165, 1.54) is 4.90 Å². The lowest BCUT2D eigenvalue weighted by atomic mass is 10.2. The van der Waals surface area contributed by atoms with Gasteiger partial charge in [0.2, 0.25) is 0 Å². The van der Waals surface area contributed by atoms with Crippen molar-refractivity contribution in [3.05, 3.63) is 30.6 Å². The first-order chi connectivity index (χ1) is 11.0. The number of amides is 2. The van der Waals surface area contributed by atoms with E-state index in [1.807, 2.05) is 24.3 Å². The van der Waals surface area contributed by atoms with Gasteiger partial charge in [-0.3, -0.25) is 4.79 Å². The second-order valence-electron chi connectivity index (χ2n) is 5.63. The van der Waals surface area contributed by atoms with E-state index in [2.05, 4.69) is 14.9 Å². The minimum atomic E-state index is -0.906. The number of aryl methyl sites for hydroxylation is 1. The van der Waals surface area contributed by atoms with Crippen LogP contribution in [0.5, 0.6) is 0 Å². The number of aliphatic carboxylic acids is 1. The van der Waals surface area contributed by atoms with Crippen molar-refractivity contribution in [3.63, 3.8) is 0 Å². The molecule has 2 aromatic rings. The van der Waals surface area contributed by atoms with E-state index >= 15 is 0 Å². The van der Waals surface area contributed by atoms with Gasteiger partial charge < -0.3 is 19.9 Å². The van der Waals surface area contributed by atoms with Crippen molar-refractivity contribution in [2.45, 2.75) is 19.9 Å². The standard InChI is InChI=1S/C16H22N4O3/c1-12(15(21)22)10-19(2)16(23)17-8-5-9-20-11-18-13-6-3-4-7-14(13)20/h3-4,6-7,11-12H,5,8-10H2,1-2H3,(H,17,23)(H,21,22). The third kappa shape index (κ3) is 4.45. The average molecular weight is 318 g/mol. The molecule has 2 amide bonds. The predicted molar refractivity (Wildman–Crippen MR) is 87.2 cm³/mol. The number of carbonyl (C=O) groups excluding carboxylic acids is 1. The summed E-state index contributed by atoms with van der Waals surface area (Å²) < 4.78 is 2.05. The number of nitrogens with zero attached hydrogens (tertiary/aromatic N) is 3. The molecule has 0 saturated heterocycles. The number of para-hydroxylation sites is 2. The van der Waals surface area contributed by atoms with Crippen LogP contribution in [-0.4, -0.2) is 51.7 Å². The molecular formula is C16H22N4O3. The summed E-state index contributed by atoms with van der Waals surface area (Å²) in [5.41, 5.74) is 2.03. The molecule has 23 heavy (non-hydrogen) atoms. The molecule has 0 bridgehead atoms. The second-order valence-corrected chi connectivity index (χ2v) is 5.63. The van der Waals surface area contributed by atoms with Gasteiger partial charge in [-0.15, -0.1) is 0 Å². The Labute approximate surface area is 134 Å². The summed E-state index contributed by atoms with van der Waals surface area (Å²) >= 11 is 0. The number of fused-ring (bicyclic) bond motifs is 1. The molecule has 0 saturated carbocycles. The summed E-state index contributed by atoms with van der Waals surface area (Å²) in [6.07, 6.45) is 2.57. The summed E-state index contributed by atoms with van der Waals surface area (Å²) in [6, 6.07) is 7.65. The number of nitrogens with one attached hydrogen (secondary N) is 1. The normalized spacial score (nSPS) is 12.1. The van der Waals surface area contributed by atoms with Crippen molar-refractivity contribution < 1.29 is 14.7 Å². The Bertz CT molecular complexity index is 683. The fourth-order valence-electron chi connectivity index (χ4n) is 2.34. The van der Waals surface area contributed by atoms with Crippen molar-refractivity contribution >= 4 is 23.0 Å². The van der Waals surface area contributed by atoms with E-state index < -0.39 is 11.9 Å². The number of hydrogen-bond donors (Lipinski definition) is 2. The highest BCUT2D eigenvalue weighted by Crippen LogP contribution is 2.11. The first-order valence-corrected chi connectivity index (χ1v) is 7.60. The predicted octanol–water partition coefficient (Wildman–Crippen LogP) is 1.79. The molecule has 2 N–H and O–H groups in total. The molecule has 1 aromatic carbocycles. The van der Waals surface area contributed by atoms with Crippen molar-refractivity contribution in [2.24, 2.45) is 5.92 Å². The fraction of sp³-hybridized carbons (Fsp3) is 0.438. The summed E-state index contributed by atoms with van der Waals surface area (Å²) in [5.74, 6) is -1.49. The molecular weight excluding hydrogens is 296 g/mol. The largest absolute Gasteiger partial charge is 0.481 e. The number of carboxylic acids is 1. The fourth-order valence-corrected chi connectivity index (χ4v) is 2.34. The van der Waals surface area contributed by atoms with Gasteiger partial charge in [-0.25, -0.2) is 9.78 Å². The van der Waals surface area contributed by atoms with E-state index in [9.17, 15) is 9.59 Å². The molecule has 7 heteroatoms. The van der Waals surface area contributed by atoms with Gasteiger partial charge in [-0.1, -0.05) is 19.1 Å². The van der Waals surface area contributed by atoms with Crippen LogP contribution in [0.15, 0.2) is 30.6 Å². The molecule has 124 valence electrons. The number of benzene rings is 1. The molecule has 1 unspecified atom stereocenters. The summed E-state index contributed by atoms with van der Waals surface area (Å²) in [7, 11) is 1.60. The van der Waals surface area contributed by atoms with Crippen LogP contribution in [0.4, 0.5) is 4.79 Å². The second kappa shape index (κ2) is 7.62. The third-order valence-corrected chi connectivity index (χ3v) is 3.70. The number of imidazole rings is 1. The van der Waals surface area contributed by atoms with Crippen LogP contribution in [-0.2, 0) is 11.3 Å². The van der Waals surface area contributed by atoms with Gasteiger partial charge >= 0.3 is 12.0 Å².